The van der Waals surface area contributed by atoms with Gasteiger partial charge in [-0.3, -0.25) is 4.79 Å². The second-order valence-corrected chi connectivity index (χ2v) is 8.78. The summed E-state index contributed by atoms with van der Waals surface area (Å²) in [6.45, 7) is 3.99. The minimum absolute atomic E-state index is 0.0165. The van der Waals surface area contributed by atoms with E-state index in [4.69, 9.17) is 9.47 Å². The van der Waals surface area contributed by atoms with Gasteiger partial charge in [0.05, 0.1) is 24.4 Å². The van der Waals surface area contributed by atoms with Crippen molar-refractivity contribution in [3.8, 4) is 22.6 Å². The Morgan fingerprint density at radius 3 is 2.58 bits per heavy atom. The van der Waals surface area contributed by atoms with Crippen molar-refractivity contribution in [2.45, 2.75) is 31.6 Å². The lowest BCUT2D eigenvalue weighted by Crippen LogP contribution is -2.12. The number of H-pyrrole nitrogens is 1. The lowest BCUT2D eigenvalue weighted by Gasteiger charge is -2.16. The number of rotatable bonds is 7. The van der Waals surface area contributed by atoms with Crippen molar-refractivity contribution in [1.82, 2.24) is 4.98 Å². The molecule has 0 bridgehead atoms. The SMILES string of the molecule is CCS(=O)(=O)c1ccc(OCC2CC2)c(-c2c[nH]c(=O)c(OC)c2C)c1. The van der Waals surface area contributed by atoms with E-state index in [2.05, 4.69) is 4.98 Å². The summed E-state index contributed by atoms with van der Waals surface area (Å²) >= 11 is 0. The van der Waals surface area contributed by atoms with E-state index >= 15 is 0 Å². The fourth-order valence-electron chi connectivity index (χ4n) is 2.83. The van der Waals surface area contributed by atoms with Crippen LogP contribution < -0.4 is 15.0 Å². The fourth-order valence-corrected chi connectivity index (χ4v) is 3.73. The van der Waals surface area contributed by atoms with Gasteiger partial charge in [0.1, 0.15) is 5.75 Å². The highest BCUT2D eigenvalue weighted by molar-refractivity contribution is 7.91. The van der Waals surface area contributed by atoms with Crippen molar-refractivity contribution in [2.24, 2.45) is 5.92 Å². The van der Waals surface area contributed by atoms with Crippen molar-refractivity contribution in [3.63, 3.8) is 0 Å². The number of ether oxygens (including phenoxy) is 2. The van der Waals surface area contributed by atoms with Crippen LogP contribution >= 0.6 is 0 Å². The van der Waals surface area contributed by atoms with Gasteiger partial charge in [0.15, 0.2) is 15.6 Å². The molecule has 1 heterocycles. The monoisotopic (exact) mass is 377 g/mol. The summed E-state index contributed by atoms with van der Waals surface area (Å²) in [5, 5.41) is 0. The normalized spacial score (nSPS) is 14.3. The van der Waals surface area contributed by atoms with Crippen LogP contribution in [-0.4, -0.2) is 32.9 Å². The van der Waals surface area contributed by atoms with Crippen molar-refractivity contribution < 1.29 is 17.9 Å². The van der Waals surface area contributed by atoms with E-state index in [1.165, 1.54) is 7.11 Å². The molecule has 1 aromatic carbocycles. The number of sulfone groups is 1. The number of nitrogens with one attached hydrogen (secondary N) is 1. The van der Waals surface area contributed by atoms with Crippen molar-refractivity contribution >= 4 is 9.84 Å². The molecule has 1 aliphatic carbocycles. The first-order valence-electron chi connectivity index (χ1n) is 8.63. The first kappa shape index (κ1) is 18.5. The van der Waals surface area contributed by atoms with E-state index in [1.807, 2.05) is 0 Å². The fraction of sp³-hybridized carbons (Fsp3) is 0.421. The molecule has 0 atom stereocenters. The molecule has 0 amide bonds. The lowest BCUT2D eigenvalue weighted by atomic mass is 10.0. The van der Waals surface area contributed by atoms with E-state index < -0.39 is 9.84 Å². The van der Waals surface area contributed by atoms with Crippen LogP contribution in [0.4, 0.5) is 0 Å². The molecule has 1 N–H and O–H groups in total. The van der Waals surface area contributed by atoms with E-state index in [9.17, 15) is 13.2 Å². The Balaban J connectivity index is 2.15. The van der Waals surface area contributed by atoms with Gasteiger partial charge in [0.25, 0.3) is 5.56 Å². The van der Waals surface area contributed by atoms with Crippen molar-refractivity contribution in [3.05, 3.63) is 40.3 Å². The molecule has 1 aromatic heterocycles. The molecule has 2 aromatic rings. The second kappa shape index (κ2) is 7.15. The van der Waals surface area contributed by atoms with Gasteiger partial charge in [0, 0.05) is 22.9 Å². The highest BCUT2D eigenvalue weighted by atomic mass is 32.2. The molecule has 1 fully saturated rings. The number of hydrogen-bond acceptors (Lipinski definition) is 5. The van der Waals surface area contributed by atoms with Crippen molar-refractivity contribution in [1.29, 1.82) is 0 Å². The van der Waals surface area contributed by atoms with Crippen LogP contribution in [0.1, 0.15) is 25.3 Å². The Labute approximate surface area is 153 Å². The van der Waals surface area contributed by atoms with Crippen LogP contribution in [-0.2, 0) is 9.84 Å². The predicted molar refractivity (Wildman–Crippen MR) is 99.7 cm³/mol. The molecule has 0 aliphatic heterocycles. The number of hydrogen-bond donors (Lipinski definition) is 1. The molecule has 0 unspecified atom stereocenters. The molecular formula is C19H23NO5S. The molecule has 140 valence electrons. The summed E-state index contributed by atoms with van der Waals surface area (Å²) in [6, 6.07) is 4.88. The summed E-state index contributed by atoms with van der Waals surface area (Å²) in [7, 11) is -1.93. The maximum Gasteiger partial charge on any atom is 0.290 e. The minimum Gasteiger partial charge on any atom is -0.493 e. The van der Waals surface area contributed by atoms with Gasteiger partial charge in [-0.15, -0.1) is 0 Å². The van der Waals surface area contributed by atoms with Gasteiger partial charge in [0.2, 0.25) is 0 Å². The van der Waals surface area contributed by atoms with E-state index in [0.29, 0.717) is 35.0 Å². The number of benzene rings is 1. The summed E-state index contributed by atoms with van der Waals surface area (Å²) in [6.07, 6.45) is 3.88. The van der Waals surface area contributed by atoms with Crippen LogP contribution in [0.3, 0.4) is 0 Å². The first-order valence-corrected chi connectivity index (χ1v) is 10.3. The number of pyridine rings is 1. The summed E-state index contributed by atoms with van der Waals surface area (Å²) in [5.41, 5.74) is 1.62. The van der Waals surface area contributed by atoms with Gasteiger partial charge in [-0.2, -0.15) is 0 Å². The topological polar surface area (TPSA) is 85.5 Å². The highest BCUT2D eigenvalue weighted by Crippen LogP contribution is 2.37. The molecular weight excluding hydrogens is 354 g/mol. The van der Waals surface area contributed by atoms with Crippen molar-refractivity contribution in [2.75, 3.05) is 19.5 Å². The zero-order valence-electron chi connectivity index (χ0n) is 15.2. The van der Waals surface area contributed by atoms with Gasteiger partial charge >= 0.3 is 0 Å². The van der Waals surface area contributed by atoms with Crippen LogP contribution in [0.2, 0.25) is 0 Å². The van der Waals surface area contributed by atoms with Gasteiger partial charge in [-0.1, -0.05) is 6.92 Å². The van der Waals surface area contributed by atoms with E-state index in [0.717, 1.165) is 12.8 Å². The summed E-state index contributed by atoms with van der Waals surface area (Å²) in [4.78, 5) is 14.8. The first-order chi connectivity index (χ1) is 12.4. The third-order valence-corrected chi connectivity index (χ3v) is 6.39. The third kappa shape index (κ3) is 3.62. The highest BCUT2D eigenvalue weighted by Gasteiger charge is 2.24. The van der Waals surface area contributed by atoms with Crippen LogP contribution in [0.5, 0.6) is 11.5 Å². The second-order valence-electron chi connectivity index (χ2n) is 6.51. The molecule has 26 heavy (non-hydrogen) atoms. The third-order valence-electron chi connectivity index (χ3n) is 4.65. The molecule has 3 rings (SSSR count). The molecule has 0 saturated heterocycles. The Hall–Kier alpha value is -2.28. The predicted octanol–water partition coefficient (Wildman–Crippen LogP) is 2.94. The molecule has 0 spiro atoms. The Kier molecular flexibility index (Phi) is 5.09. The van der Waals surface area contributed by atoms with Gasteiger partial charge < -0.3 is 14.5 Å². The average Bonchev–Trinajstić information content (AvgIpc) is 3.45. The maximum atomic E-state index is 12.3. The largest absolute Gasteiger partial charge is 0.493 e. The molecule has 1 saturated carbocycles. The van der Waals surface area contributed by atoms with Gasteiger partial charge in [-0.05, 0) is 43.9 Å². The van der Waals surface area contributed by atoms with Crippen LogP contribution in [0, 0.1) is 12.8 Å². The number of methoxy groups -OCH3 is 1. The van der Waals surface area contributed by atoms with Gasteiger partial charge in [-0.25, -0.2) is 8.42 Å². The number of aromatic amines is 1. The molecule has 6 nitrogen and oxygen atoms in total. The molecule has 0 radical (unpaired) electrons. The zero-order valence-corrected chi connectivity index (χ0v) is 16.0. The Morgan fingerprint density at radius 1 is 1.23 bits per heavy atom. The Morgan fingerprint density at radius 2 is 1.96 bits per heavy atom. The maximum absolute atomic E-state index is 12.3. The van der Waals surface area contributed by atoms with Crippen LogP contribution in [0.15, 0.2) is 34.1 Å². The number of aromatic nitrogens is 1. The molecule has 7 heteroatoms. The summed E-state index contributed by atoms with van der Waals surface area (Å²) < 4.78 is 35.8. The average molecular weight is 377 g/mol. The van der Waals surface area contributed by atoms with E-state index in [-0.39, 0.29) is 22.0 Å². The lowest BCUT2D eigenvalue weighted by molar-refractivity contribution is 0.301. The zero-order chi connectivity index (χ0) is 18.9. The molecule has 1 aliphatic rings. The van der Waals surface area contributed by atoms with Crippen LogP contribution in [0.25, 0.3) is 11.1 Å². The quantitative estimate of drug-likeness (QED) is 0.802. The van der Waals surface area contributed by atoms with E-state index in [1.54, 1.807) is 38.2 Å². The summed E-state index contributed by atoms with van der Waals surface area (Å²) in [5.74, 6) is 1.39. The standard InChI is InChI=1S/C19H23NO5S/c1-4-26(22,23)14-7-8-17(25-11-13-5-6-13)15(9-14)16-10-20-19(21)18(24-3)12(16)2/h7-10,13H,4-6,11H2,1-3H3,(H,20,21). The minimum atomic E-state index is -3.36. The Bertz CT molecular complexity index is 974. The smallest absolute Gasteiger partial charge is 0.290 e.